The largest absolute Gasteiger partial charge is 0.490 e. The fourth-order valence-corrected chi connectivity index (χ4v) is 3.94. The maximum absolute atomic E-state index is 12.2. The molecule has 0 atom stereocenters. The van der Waals surface area contributed by atoms with E-state index < -0.39 is 0 Å². The molecule has 1 saturated heterocycles. The second kappa shape index (κ2) is 9.77. The van der Waals surface area contributed by atoms with Gasteiger partial charge in [-0.15, -0.1) is 0 Å². The monoisotopic (exact) mass is 442 g/mol. The molecule has 0 unspecified atom stereocenters. The predicted molar refractivity (Wildman–Crippen MR) is 124 cm³/mol. The summed E-state index contributed by atoms with van der Waals surface area (Å²) in [5.74, 6) is 0.563. The average molecular weight is 443 g/mol. The van der Waals surface area contributed by atoms with Crippen LogP contribution in [0.3, 0.4) is 0 Å². The lowest BCUT2D eigenvalue weighted by atomic mass is 10.2. The summed E-state index contributed by atoms with van der Waals surface area (Å²) in [6.07, 6.45) is 1.76. The molecule has 156 valence electrons. The van der Waals surface area contributed by atoms with Gasteiger partial charge in [-0.25, -0.2) is 0 Å². The number of amides is 2. The van der Waals surface area contributed by atoms with Crippen LogP contribution in [0.5, 0.6) is 11.5 Å². The summed E-state index contributed by atoms with van der Waals surface area (Å²) in [6, 6.07) is 12.9. The zero-order chi connectivity index (χ0) is 21.7. The molecule has 1 aliphatic heterocycles. The van der Waals surface area contributed by atoms with E-state index in [-0.39, 0.29) is 18.4 Å². The fourth-order valence-electron chi connectivity index (χ4n) is 2.76. The lowest BCUT2D eigenvalue weighted by molar-refractivity contribution is -0.121. The second-order valence-electron chi connectivity index (χ2n) is 6.59. The van der Waals surface area contributed by atoms with Gasteiger partial charge in [-0.05, 0) is 55.3 Å². The van der Waals surface area contributed by atoms with Gasteiger partial charge >= 0.3 is 0 Å². The molecule has 6 nitrogen and oxygen atoms in total. The summed E-state index contributed by atoms with van der Waals surface area (Å²) in [4.78, 5) is 26.4. The summed E-state index contributed by atoms with van der Waals surface area (Å²) in [5, 5.41) is 2.81. The van der Waals surface area contributed by atoms with Crippen LogP contribution in [0.25, 0.3) is 6.08 Å². The SMILES string of the molecule is CCOc1cc(/C=C2\SC(=S)N(C)C2=O)ccc1OCC(=O)Nc1cccc(C)c1. The standard InChI is InChI=1S/C22H22N2O4S2/c1-4-27-18-11-15(12-19-21(26)24(3)22(29)30-19)8-9-17(18)28-13-20(25)23-16-7-5-6-14(2)10-16/h5-12H,4,13H2,1-3H3,(H,23,25)/b19-12-. The molecule has 0 radical (unpaired) electrons. The van der Waals surface area contributed by atoms with Gasteiger partial charge in [0.2, 0.25) is 0 Å². The van der Waals surface area contributed by atoms with Crippen molar-refractivity contribution in [2.75, 3.05) is 25.6 Å². The van der Waals surface area contributed by atoms with Gasteiger partial charge in [-0.1, -0.05) is 42.2 Å². The van der Waals surface area contributed by atoms with Crippen LogP contribution in [0.2, 0.25) is 0 Å². The lowest BCUT2D eigenvalue weighted by Crippen LogP contribution is -2.22. The lowest BCUT2D eigenvalue weighted by Gasteiger charge is -2.13. The first kappa shape index (κ1) is 21.9. The Morgan fingerprint density at radius 3 is 2.67 bits per heavy atom. The van der Waals surface area contributed by atoms with Crippen LogP contribution in [0.15, 0.2) is 47.4 Å². The third kappa shape index (κ3) is 5.40. The molecular formula is C22H22N2O4S2. The van der Waals surface area contributed by atoms with Gasteiger partial charge in [0.15, 0.2) is 18.1 Å². The topological polar surface area (TPSA) is 67.9 Å². The Hall–Kier alpha value is -2.84. The average Bonchev–Trinajstić information content (AvgIpc) is 2.94. The van der Waals surface area contributed by atoms with Crippen LogP contribution in [0.4, 0.5) is 5.69 Å². The number of nitrogens with zero attached hydrogens (tertiary/aromatic N) is 1. The number of benzene rings is 2. The quantitative estimate of drug-likeness (QED) is 0.511. The molecule has 0 spiro atoms. The van der Waals surface area contributed by atoms with Crippen molar-refractivity contribution >= 4 is 51.9 Å². The summed E-state index contributed by atoms with van der Waals surface area (Å²) in [5.41, 5.74) is 2.56. The van der Waals surface area contributed by atoms with Crippen LogP contribution >= 0.6 is 24.0 Å². The van der Waals surface area contributed by atoms with Gasteiger partial charge in [0.25, 0.3) is 11.8 Å². The number of hydrogen-bond donors (Lipinski definition) is 1. The van der Waals surface area contributed by atoms with E-state index >= 15 is 0 Å². The van der Waals surface area contributed by atoms with E-state index in [4.69, 9.17) is 21.7 Å². The molecule has 0 saturated carbocycles. The van der Waals surface area contributed by atoms with Crippen molar-refractivity contribution in [2.24, 2.45) is 0 Å². The minimum atomic E-state index is -0.265. The molecule has 0 aliphatic carbocycles. The normalized spacial score (nSPS) is 14.9. The first-order valence-corrected chi connectivity index (χ1v) is 10.6. The van der Waals surface area contributed by atoms with Crippen molar-refractivity contribution in [1.29, 1.82) is 0 Å². The highest BCUT2D eigenvalue weighted by Crippen LogP contribution is 2.34. The molecule has 2 amide bonds. The number of carbonyl (C=O) groups is 2. The highest BCUT2D eigenvalue weighted by molar-refractivity contribution is 8.26. The minimum Gasteiger partial charge on any atom is -0.490 e. The Morgan fingerprint density at radius 1 is 1.20 bits per heavy atom. The number of nitrogens with one attached hydrogen (secondary N) is 1. The van der Waals surface area contributed by atoms with E-state index in [0.29, 0.717) is 27.3 Å². The molecule has 1 aliphatic rings. The maximum Gasteiger partial charge on any atom is 0.265 e. The highest BCUT2D eigenvalue weighted by atomic mass is 32.2. The molecule has 1 fully saturated rings. The molecule has 2 aromatic carbocycles. The van der Waals surface area contributed by atoms with Crippen LogP contribution in [0, 0.1) is 6.92 Å². The zero-order valence-corrected chi connectivity index (χ0v) is 18.6. The Bertz CT molecular complexity index is 1020. The first-order chi connectivity index (χ1) is 14.4. The zero-order valence-electron chi connectivity index (χ0n) is 16.9. The Morgan fingerprint density at radius 2 is 2.00 bits per heavy atom. The van der Waals surface area contributed by atoms with E-state index in [1.54, 1.807) is 31.3 Å². The number of likely N-dealkylation sites (N-methyl/N-ethyl adjacent to an activating group) is 1. The molecule has 8 heteroatoms. The third-order valence-electron chi connectivity index (χ3n) is 4.21. The second-order valence-corrected chi connectivity index (χ2v) is 8.26. The number of ether oxygens (including phenoxy) is 2. The molecule has 0 bridgehead atoms. The van der Waals surface area contributed by atoms with Gasteiger partial charge in [-0.2, -0.15) is 0 Å². The van der Waals surface area contributed by atoms with E-state index in [1.807, 2.05) is 38.1 Å². The van der Waals surface area contributed by atoms with E-state index in [0.717, 1.165) is 16.8 Å². The summed E-state index contributed by atoms with van der Waals surface area (Å²) in [7, 11) is 1.66. The van der Waals surface area contributed by atoms with Gasteiger partial charge in [0.05, 0.1) is 11.5 Å². The number of anilines is 1. The molecule has 1 N–H and O–H groups in total. The van der Waals surface area contributed by atoms with Crippen LogP contribution in [-0.4, -0.2) is 41.3 Å². The van der Waals surface area contributed by atoms with Crippen molar-refractivity contribution in [3.63, 3.8) is 0 Å². The van der Waals surface area contributed by atoms with Crippen molar-refractivity contribution in [1.82, 2.24) is 4.90 Å². The molecular weight excluding hydrogens is 420 g/mol. The number of carbonyl (C=O) groups excluding carboxylic acids is 2. The highest BCUT2D eigenvalue weighted by Gasteiger charge is 2.28. The van der Waals surface area contributed by atoms with Crippen molar-refractivity contribution < 1.29 is 19.1 Å². The predicted octanol–water partition coefficient (Wildman–Crippen LogP) is 4.24. The number of thioether (sulfide) groups is 1. The Kier molecular flexibility index (Phi) is 7.12. The molecule has 2 aromatic rings. The van der Waals surface area contributed by atoms with Gasteiger partial charge in [0, 0.05) is 12.7 Å². The minimum absolute atomic E-state index is 0.129. The maximum atomic E-state index is 12.2. The van der Waals surface area contributed by atoms with Gasteiger partial charge < -0.3 is 14.8 Å². The number of aryl methyl sites for hydroxylation is 1. The van der Waals surface area contributed by atoms with E-state index in [2.05, 4.69) is 5.32 Å². The molecule has 0 aromatic heterocycles. The molecule has 30 heavy (non-hydrogen) atoms. The molecule has 3 rings (SSSR count). The van der Waals surface area contributed by atoms with Crippen molar-refractivity contribution in [3.8, 4) is 11.5 Å². The first-order valence-electron chi connectivity index (χ1n) is 9.35. The summed E-state index contributed by atoms with van der Waals surface area (Å²) in [6.45, 7) is 4.11. The molecule has 1 heterocycles. The van der Waals surface area contributed by atoms with Crippen molar-refractivity contribution in [2.45, 2.75) is 13.8 Å². The smallest absolute Gasteiger partial charge is 0.265 e. The Balaban J connectivity index is 1.70. The van der Waals surface area contributed by atoms with Crippen LogP contribution < -0.4 is 14.8 Å². The van der Waals surface area contributed by atoms with E-state index in [1.165, 1.54) is 16.7 Å². The van der Waals surface area contributed by atoms with Crippen molar-refractivity contribution in [3.05, 3.63) is 58.5 Å². The number of thiocarbonyl (C=S) groups is 1. The van der Waals surface area contributed by atoms with Gasteiger partial charge in [0.1, 0.15) is 4.32 Å². The Labute approximate surface area is 185 Å². The number of hydrogen-bond acceptors (Lipinski definition) is 6. The summed E-state index contributed by atoms with van der Waals surface area (Å²) < 4.78 is 11.9. The number of rotatable bonds is 7. The third-order valence-corrected chi connectivity index (χ3v) is 5.70. The summed E-state index contributed by atoms with van der Waals surface area (Å²) >= 11 is 6.42. The van der Waals surface area contributed by atoms with E-state index in [9.17, 15) is 9.59 Å². The van der Waals surface area contributed by atoms with Crippen LogP contribution in [0.1, 0.15) is 18.1 Å². The van der Waals surface area contributed by atoms with Crippen LogP contribution in [-0.2, 0) is 9.59 Å². The van der Waals surface area contributed by atoms with Gasteiger partial charge in [-0.3, -0.25) is 14.5 Å². The fraction of sp³-hybridized carbons (Fsp3) is 0.227.